The van der Waals surface area contributed by atoms with Crippen LogP contribution in [0, 0.1) is 0 Å². The minimum Gasteiger partial charge on any atom is -0.467 e. The van der Waals surface area contributed by atoms with Crippen molar-refractivity contribution in [2.24, 2.45) is 0 Å². The van der Waals surface area contributed by atoms with Crippen molar-refractivity contribution >= 4 is 45.6 Å². The average Bonchev–Trinajstić information content (AvgIpc) is 3.55. The molecule has 5 rings (SSSR count). The molecular formula is C23H22ClF3N4O4S. The van der Waals surface area contributed by atoms with Crippen molar-refractivity contribution in [2.75, 3.05) is 17.2 Å². The lowest BCUT2D eigenvalue weighted by Crippen LogP contribution is -2.35. The summed E-state index contributed by atoms with van der Waals surface area (Å²) < 4.78 is 53.1. The molecule has 0 bridgehead atoms. The summed E-state index contributed by atoms with van der Waals surface area (Å²) in [6.07, 6.45) is -0.349. The number of furan rings is 1. The second kappa shape index (κ2) is 9.47. The van der Waals surface area contributed by atoms with Crippen LogP contribution in [0.15, 0.2) is 22.8 Å². The Morgan fingerprint density at radius 2 is 2.14 bits per heavy atom. The number of esters is 1. The second-order valence-electron chi connectivity index (χ2n) is 8.55. The second-order valence-corrected chi connectivity index (χ2v) is 10.0. The Balaban J connectivity index is 1.50. The number of hydrogen-bond acceptors (Lipinski definition) is 7. The summed E-state index contributed by atoms with van der Waals surface area (Å²) in [5.74, 6) is -1.19. The first-order valence-corrected chi connectivity index (χ1v) is 12.7. The van der Waals surface area contributed by atoms with Crippen molar-refractivity contribution in [3.05, 3.63) is 50.9 Å². The van der Waals surface area contributed by atoms with Gasteiger partial charge in [-0.25, -0.2) is 9.48 Å². The number of rotatable bonds is 5. The van der Waals surface area contributed by atoms with E-state index in [1.165, 1.54) is 17.6 Å². The number of amides is 1. The van der Waals surface area contributed by atoms with Gasteiger partial charge in [-0.2, -0.15) is 18.3 Å². The summed E-state index contributed by atoms with van der Waals surface area (Å²) in [6.45, 7) is 1.85. The number of aryl methyl sites for hydroxylation is 1. The number of fused-ring (bicyclic) bond motifs is 2. The lowest BCUT2D eigenvalue weighted by Gasteiger charge is -2.32. The Hall–Kier alpha value is -2.99. The monoisotopic (exact) mass is 542 g/mol. The Labute approximate surface area is 212 Å². The number of thiophene rings is 1. The van der Waals surface area contributed by atoms with Crippen molar-refractivity contribution in [1.29, 1.82) is 0 Å². The smallest absolute Gasteiger partial charge is 0.410 e. The molecular weight excluding hydrogens is 521 g/mol. The highest BCUT2D eigenvalue weighted by Crippen LogP contribution is 2.46. The Morgan fingerprint density at radius 3 is 2.83 bits per heavy atom. The van der Waals surface area contributed by atoms with E-state index in [-0.39, 0.29) is 33.7 Å². The van der Waals surface area contributed by atoms with Crippen molar-refractivity contribution in [3.8, 4) is 0 Å². The van der Waals surface area contributed by atoms with E-state index in [2.05, 4.69) is 15.7 Å². The van der Waals surface area contributed by atoms with Crippen molar-refractivity contribution in [3.63, 3.8) is 0 Å². The first kappa shape index (κ1) is 24.7. The third-order valence-corrected chi connectivity index (χ3v) is 7.84. The van der Waals surface area contributed by atoms with Gasteiger partial charge in [0.15, 0.2) is 11.7 Å². The van der Waals surface area contributed by atoms with Gasteiger partial charge in [-0.3, -0.25) is 4.79 Å². The highest BCUT2D eigenvalue weighted by atomic mass is 35.5. The summed E-state index contributed by atoms with van der Waals surface area (Å²) in [7, 11) is 0. The maximum Gasteiger partial charge on any atom is 0.410 e. The molecule has 0 fully saturated rings. The third kappa shape index (κ3) is 4.36. The Morgan fingerprint density at radius 1 is 1.36 bits per heavy atom. The molecule has 1 amide bonds. The summed E-state index contributed by atoms with van der Waals surface area (Å²) in [5, 5.41) is 9.55. The predicted molar refractivity (Wildman–Crippen MR) is 127 cm³/mol. The van der Waals surface area contributed by atoms with Gasteiger partial charge < -0.3 is 19.8 Å². The van der Waals surface area contributed by atoms with Crippen LogP contribution in [0.5, 0.6) is 0 Å². The van der Waals surface area contributed by atoms with Crippen molar-refractivity contribution < 1.29 is 31.9 Å². The van der Waals surface area contributed by atoms with Crippen LogP contribution in [-0.4, -0.2) is 34.4 Å². The van der Waals surface area contributed by atoms with Crippen molar-refractivity contribution in [2.45, 2.75) is 57.3 Å². The lowest BCUT2D eigenvalue weighted by molar-refractivity contribution is -0.174. The van der Waals surface area contributed by atoms with Gasteiger partial charge in [0.25, 0.3) is 5.91 Å². The molecule has 8 nitrogen and oxygen atoms in total. The third-order valence-electron chi connectivity index (χ3n) is 6.28. The normalized spacial score (nSPS) is 19.2. The average molecular weight is 543 g/mol. The molecule has 2 aliphatic rings. The molecule has 1 aliphatic carbocycles. The van der Waals surface area contributed by atoms with Crippen LogP contribution in [-0.2, 0) is 17.6 Å². The van der Waals surface area contributed by atoms with Crippen LogP contribution < -0.4 is 10.6 Å². The molecule has 4 heterocycles. The standard InChI is InChI=1S/C23H22ClF3N4O4S/c1-2-34-22(33)16-11-6-3-4-8-14(11)36-21(16)29-20(32)18-17(24)19-28-12(13-7-5-9-35-13)10-15(23(25,26)27)31(19)30-18/h5,7,9,12,15,28H,2-4,6,8,10H2,1H3,(H,29,32). The fourth-order valence-electron chi connectivity index (χ4n) is 4.65. The van der Waals surface area contributed by atoms with E-state index in [0.717, 1.165) is 29.7 Å². The van der Waals surface area contributed by atoms with Crippen LogP contribution in [0.3, 0.4) is 0 Å². The number of anilines is 2. The molecule has 0 saturated heterocycles. The highest BCUT2D eigenvalue weighted by molar-refractivity contribution is 7.17. The maximum atomic E-state index is 14.0. The van der Waals surface area contributed by atoms with Gasteiger partial charge in [-0.15, -0.1) is 11.3 Å². The van der Waals surface area contributed by atoms with Crippen LogP contribution in [0.4, 0.5) is 24.0 Å². The van der Waals surface area contributed by atoms with E-state index in [1.54, 1.807) is 19.1 Å². The van der Waals surface area contributed by atoms with E-state index in [0.29, 0.717) is 16.9 Å². The topological polar surface area (TPSA) is 98.4 Å². The molecule has 0 radical (unpaired) electrons. The van der Waals surface area contributed by atoms with Gasteiger partial charge in [-0.05, 0) is 50.3 Å². The van der Waals surface area contributed by atoms with Gasteiger partial charge in [0, 0.05) is 11.3 Å². The van der Waals surface area contributed by atoms with Crippen LogP contribution in [0.1, 0.15) is 75.3 Å². The number of carbonyl (C=O) groups is 2. The van der Waals surface area contributed by atoms with Crippen molar-refractivity contribution in [1.82, 2.24) is 9.78 Å². The van der Waals surface area contributed by atoms with Gasteiger partial charge in [0.2, 0.25) is 0 Å². The SMILES string of the molecule is CCOC(=O)c1c(NC(=O)c2nn3c(c2Cl)NC(c2ccco2)CC3C(F)(F)F)sc2c1CCCC2. The van der Waals surface area contributed by atoms with Crippen LogP contribution in [0.2, 0.25) is 5.02 Å². The minimum absolute atomic E-state index is 0.132. The molecule has 36 heavy (non-hydrogen) atoms. The minimum atomic E-state index is -4.64. The molecule has 3 aromatic heterocycles. The van der Waals surface area contributed by atoms with Crippen LogP contribution >= 0.6 is 22.9 Å². The Kier molecular flexibility index (Phi) is 6.50. The molecule has 13 heteroatoms. The van der Waals surface area contributed by atoms with E-state index in [4.69, 9.17) is 20.8 Å². The molecule has 2 atom stereocenters. The zero-order valence-corrected chi connectivity index (χ0v) is 20.6. The summed E-state index contributed by atoms with van der Waals surface area (Å²) >= 11 is 7.67. The summed E-state index contributed by atoms with van der Waals surface area (Å²) in [5.41, 5.74) is 0.749. The van der Waals surface area contributed by atoms with Gasteiger partial charge >= 0.3 is 12.1 Å². The number of nitrogens with zero attached hydrogens (tertiary/aromatic N) is 2. The highest BCUT2D eigenvalue weighted by Gasteiger charge is 2.48. The summed E-state index contributed by atoms with van der Waals surface area (Å²) in [6, 6.07) is 0.303. The fraction of sp³-hybridized carbons (Fsp3) is 0.435. The quantitative estimate of drug-likeness (QED) is 0.375. The fourth-order valence-corrected chi connectivity index (χ4v) is 6.18. The zero-order valence-electron chi connectivity index (χ0n) is 19.1. The van der Waals surface area contributed by atoms with E-state index in [9.17, 15) is 22.8 Å². The first-order valence-electron chi connectivity index (χ1n) is 11.5. The number of nitrogens with one attached hydrogen (secondary N) is 2. The van der Waals surface area contributed by atoms with Crippen LogP contribution in [0.25, 0.3) is 0 Å². The number of hydrogen-bond donors (Lipinski definition) is 2. The molecule has 0 spiro atoms. The lowest BCUT2D eigenvalue weighted by atomic mass is 9.95. The first-order chi connectivity index (χ1) is 17.2. The number of aromatic nitrogens is 2. The van der Waals surface area contributed by atoms with Gasteiger partial charge in [-0.1, -0.05) is 11.6 Å². The van der Waals surface area contributed by atoms with E-state index < -0.39 is 36.6 Å². The van der Waals surface area contributed by atoms with E-state index >= 15 is 0 Å². The predicted octanol–water partition coefficient (Wildman–Crippen LogP) is 6.16. The largest absolute Gasteiger partial charge is 0.467 e. The van der Waals surface area contributed by atoms with E-state index in [1.807, 2.05) is 0 Å². The number of carbonyl (C=O) groups excluding carboxylic acids is 2. The molecule has 0 aromatic carbocycles. The Bertz CT molecular complexity index is 1300. The molecule has 2 unspecified atom stereocenters. The molecule has 2 N–H and O–H groups in total. The summed E-state index contributed by atoms with van der Waals surface area (Å²) in [4.78, 5) is 26.9. The number of halogens is 4. The molecule has 1 aliphatic heterocycles. The molecule has 0 saturated carbocycles. The molecule has 3 aromatic rings. The maximum absolute atomic E-state index is 14.0. The number of ether oxygens (including phenoxy) is 1. The zero-order chi connectivity index (χ0) is 25.6. The van der Waals surface area contributed by atoms with Gasteiger partial charge in [0.05, 0.1) is 24.5 Å². The number of alkyl halides is 3. The molecule has 192 valence electrons. The van der Waals surface area contributed by atoms with Gasteiger partial charge in [0.1, 0.15) is 21.6 Å².